The predicted molar refractivity (Wildman–Crippen MR) is 91.3 cm³/mol. The van der Waals surface area contributed by atoms with Gasteiger partial charge in [0.05, 0.1) is 29.3 Å². The second-order valence-electron chi connectivity index (χ2n) is 6.26. The molecule has 0 N–H and O–H groups in total. The standard InChI is InChI=1S/C18H19N3O4/c1-13-16(10-15(11-19-13)21(23)24)17(22)20-8-9-25-18(2,12-20)14-6-4-3-5-7-14/h3-7,10-11H,8-9,12H2,1-2H3. The Kier molecular flexibility index (Phi) is 4.50. The van der Waals surface area contributed by atoms with Crippen LogP contribution in [0.4, 0.5) is 5.69 Å². The molecule has 1 aromatic carbocycles. The highest BCUT2D eigenvalue weighted by Crippen LogP contribution is 2.30. The van der Waals surface area contributed by atoms with Gasteiger partial charge in [0.25, 0.3) is 11.6 Å². The summed E-state index contributed by atoms with van der Waals surface area (Å²) in [7, 11) is 0. The molecular formula is C18H19N3O4. The van der Waals surface area contributed by atoms with E-state index in [1.54, 1.807) is 11.8 Å². The number of benzene rings is 1. The van der Waals surface area contributed by atoms with Gasteiger partial charge in [-0.3, -0.25) is 19.9 Å². The Morgan fingerprint density at radius 2 is 2.08 bits per heavy atom. The number of amides is 1. The first-order valence-electron chi connectivity index (χ1n) is 8.00. The van der Waals surface area contributed by atoms with Crippen LogP contribution in [-0.2, 0) is 10.3 Å². The molecule has 1 saturated heterocycles. The van der Waals surface area contributed by atoms with Gasteiger partial charge in [-0.2, -0.15) is 0 Å². The van der Waals surface area contributed by atoms with Gasteiger partial charge >= 0.3 is 0 Å². The van der Waals surface area contributed by atoms with E-state index < -0.39 is 10.5 Å². The van der Waals surface area contributed by atoms with Gasteiger partial charge in [0.1, 0.15) is 11.8 Å². The molecule has 130 valence electrons. The zero-order chi connectivity index (χ0) is 18.0. The summed E-state index contributed by atoms with van der Waals surface area (Å²) in [6.07, 6.45) is 1.17. The van der Waals surface area contributed by atoms with Crippen LogP contribution in [-0.4, -0.2) is 40.4 Å². The maximum Gasteiger partial charge on any atom is 0.288 e. The number of carbonyl (C=O) groups excluding carboxylic acids is 1. The molecule has 1 atom stereocenters. The number of hydrogen-bond acceptors (Lipinski definition) is 5. The van der Waals surface area contributed by atoms with E-state index in [9.17, 15) is 14.9 Å². The molecule has 1 fully saturated rings. The fraction of sp³-hybridized carbons (Fsp3) is 0.333. The van der Waals surface area contributed by atoms with Crippen molar-refractivity contribution in [2.45, 2.75) is 19.4 Å². The summed E-state index contributed by atoms with van der Waals surface area (Å²) >= 11 is 0. The second kappa shape index (κ2) is 6.60. The molecule has 1 unspecified atom stereocenters. The van der Waals surface area contributed by atoms with Crippen molar-refractivity contribution in [2.24, 2.45) is 0 Å². The van der Waals surface area contributed by atoms with Crippen LogP contribution in [0.25, 0.3) is 0 Å². The van der Waals surface area contributed by atoms with E-state index >= 15 is 0 Å². The summed E-state index contributed by atoms with van der Waals surface area (Å²) in [6.45, 7) is 4.83. The van der Waals surface area contributed by atoms with Crippen molar-refractivity contribution >= 4 is 11.6 Å². The average Bonchev–Trinajstić information content (AvgIpc) is 2.62. The summed E-state index contributed by atoms with van der Waals surface area (Å²) in [4.78, 5) is 29.0. The first-order chi connectivity index (χ1) is 11.9. The lowest BCUT2D eigenvalue weighted by Crippen LogP contribution is -2.50. The number of morpholine rings is 1. The molecule has 1 amide bonds. The fourth-order valence-corrected chi connectivity index (χ4v) is 3.02. The van der Waals surface area contributed by atoms with Crippen molar-refractivity contribution in [2.75, 3.05) is 19.7 Å². The third kappa shape index (κ3) is 3.36. The summed E-state index contributed by atoms with van der Waals surface area (Å²) in [5.74, 6) is -0.265. The Morgan fingerprint density at radius 3 is 2.76 bits per heavy atom. The highest BCUT2D eigenvalue weighted by Gasteiger charge is 2.36. The Balaban J connectivity index is 1.88. The van der Waals surface area contributed by atoms with Crippen LogP contribution in [0.15, 0.2) is 42.6 Å². The normalized spacial score (nSPS) is 20.3. The van der Waals surface area contributed by atoms with E-state index in [1.165, 1.54) is 12.3 Å². The van der Waals surface area contributed by atoms with E-state index in [0.29, 0.717) is 25.4 Å². The number of hydrogen-bond donors (Lipinski definition) is 0. The molecule has 2 aromatic rings. The minimum Gasteiger partial charge on any atom is -0.367 e. The van der Waals surface area contributed by atoms with Crippen molar-refractivity contribution in [3.63, 3.8) is 0 Å². The molecule has 7 nitrogen and oxygen atoms in total. The summed E-state index contributed by atoms with van der Waals surface area (Å²) in [5, 5.41) is 11.0. The van der Waals surface area contributed by atoms with Crippen LogP contribution in [0, 0.1) is 17.0 Å². The number of rotatable bonds is 3. The van der Waals surface area contributed by atoms with Crippen LogP contribution < -0.4 is 0 Å². The molecule has 3 rings (SSSR count). The van der Waals surface area contributed by atoms with Gasteiger partial charge in [0.2, 0.25) is 0 Å². The minimum absolute atomic E-state index is 0.187. The number of aryl methyl sites for hydroxylation is 1. The number of carbonyl (C=O) groups is 1. The van der Waals surface area contributed by atoms with Crippen LogP contribution >= 0.6 is 0 Å². The topological polar surface area (TPSA) is 85.6 Å². The van der Waals surface area contributed by atoms with Crippen molar-refractivity contribution < 1.29 is 14.5 Å². The quantitative estimate of drug-likeness (QED) is 0.633. The summed E-state index contributed by atoms with van der Waals surface area (Å²) in [6, 6.07) is 11.0. The molecule has 1 aliphatic heterocycles. The van der Waals surface area contributed by atoms with Gasteiger partial charge in [-0.1, -0.05) is 30.3 Å². The van der Waals surface area contributed by atoms with Crippen molar-refractivity contribution in [3.8, 4) is 0 Å². The van der Waals surface area contributed by atoms with Gasteiger partial charge in [0, 0.05) is 12.6 Å². The van der Waals surface area contributed by atoms with Gasteiger partial charge < -0.3 is 9.64 Å². The van der Waals surface area contributed by atoms with Crippen molar-refractivity contribution in [1.29, 1.82) is 0 Å². The lowest BCUT2D eigenvalue weighted by molar-refractivity contribution is -0.385. The molecule has 0 saturated carbocycles. The number of pyridine rings is 1. The molecule has 1 aliphatic rings. The molecule has 0 spiro atoms. The fourth-order valence-electron chi connectivity index (χ4n) is 3.02. The van der Waals surface area contributed by atoms with Crippen LogP contribution in [0.1, 0.15) is 28.5 Å². The van der Waals surface area contributed by atoms with Crippen LogP contribution in [0.3, 0.4) is 0 Å². The molecule has 0 radical (unpaired) electrons. The molecule has 0 bridgehead atoms. The Hall–Kier alpha value is -2.80. The molecule has 2 heterocycles. The maximum atomic E-state index is 12.9. The smallest absolute Gasteiger partial charge is 0.288 e. The Labute approximate surface area is 145 Å². The van der Waals surface area contributed by atoms with E-state index in [1.807, 2.05) is 37.3 Å². The zero-order valence-electron chi connectivity index (χ0n) is 14.1. The number of nitro groups is 1. The Morgan fingerprint density at radius 1 is 1.36 bits per heavy atom. The van der Waals surface area contributed by atoms with Gasteiger partial charge in [0.15, 0.2) is 0 Å². The monoisotopic (exact) mass is 341 g/mol. The lowest BCUT2D eigenvalue weighted by Gasteiger charge is -2.41. The van der Waals surface area contributed by atoms with Crippen LogP contribution in [0.2, 0.25) is 0 Å². The van der Waals surface area contributed by atoms with E-state index in [2.05, 4.69) is 4.98 Å². The Bertz CT molecular complexity index is 809. The molecule has 7 heteroatoms. The molecule has 25 heavy (non-hydrogen) atoms. The van der Waals surface area contributed by atoms with E-state index in [4.69, 9.17) is 4.74 Å². The molecule has 0 aliphatic carbocycles. The maximum absolute atomic E-state index is 12.9. The van der Waals surface area contributed by atoms with Gasteiger partial charge in [-0.15, -0.1) is 0 Å². The van der Waals surface area contributed by atoms with Crippen molar-refractivity contribution in [3.05, 3.63) is 69.5 Å². The highest BCUT2D eigenvalue weighted by molar-refractivity contribution is 5.96. The molecule has 1 aromatic heterocycles. The lowest BCUT2D eigenvalue weighted by atomic mass is 9.93. The number of aromatic nitrogens is 1. The van der Waals surface area contributed by atoms with Gasteiger partial charge in [-0.05, 0) is 19.4 Å². The average molecular weight is 341 g/mol. The van der Waals surface area contributed by atoms with Gasteiger partial charge in [-0.25, -0.2) is 0 Å². The SMILES string of the molecule is Cc1ncc([N+](=O)[O-])cc1C(=O)N1CCOC(C)(c2ccccc2)C1. The first kappa shape index (κ1) is 17.0. The second-order valence-corrected chi connectivity index (χ2v) is 6.26. The zero-order valence-corrected chi connectivity index (χ0v) is 14.1. The summed E-state index contributed by atoms with van der Waals surface area (Å²) < 4.78 is 5.94. The first-order valence-corrected chi connectivity index (χ1v) is 8.00. The van der Waals surface area contributed by atoms with E-state index in [-0.39, 0.29) is 17.2 Å². The third-order valence-corrected chi connectivity index (χ3v) is 4.46. The minimum atomic E-state index is -0.614. The number of nitrogens with zero attached hydrogens (tertiary/aromatic N) is 3. The summed E-state index contributed by atoms with van der Waals surface area (Å²) in [5.41, 5.74) is 0.918. The van der Waals surface area contributed by atoms with E-state index in [0.717, 1.165) is 5.56 Å². The highest BCUT2D eigenvalue weighted by atomic mass is 16.6. The third-order valence-electron chi connectivity index (χ3n) is 4.46. The predicted octanol–water partition coefficient (Wildman–Crippen LogP) is 2.69. The molecular weight excluding hydrogens is 322 g/mol. The van der Waals surface area contributed by atoms with Crippen molar-refractivity contribution in [1.82, 2.24) is 9.88 Å². The number of ether oxygens (including phenoxy) is 1. The van der Waals surface area contributed by atoms with Crippen LogP contribution in [0.5, 0.6) is 0 Å². The largest absolute Gasteiger partial charge is 0.367 e.